The van der Waals surface area contributed by atoms with E-state index in [0.29, 0.717) is 6.42 Å². The number of hydrogen-bond donors (Lipinski definition) is 1. The lowest BCUT2D eigenvalue weighted by molar-refractivity contribution is -0.143. The SMILES string of the molecule is C=C(C)C(=O)OC(CC)CS(=O)(=O)O. The predicted molar refractivity (Wildman–Crippen MR) is 51.4 cm³/mol. The van der Waals surface area contributed by atoms with Gasteiger partial charge in [0.15, 0.2) is 0 Å². The van der Waals surface area contributed by atoms with E-state index in [1.807, 2.05) is 0 Å². The zero-order valence-corrected chi connectivity index (χ0v) is 9.00. The fraction of sp³-hybridized carbons (Fsp3) is 0.625. The lowest BCUT2D eigenvalue weighted by atomic mass is 10.3. The molecule has 0 saturated heterocycles. The Balaban J connectivity index is 4.31. The van der Waals surface area contributed by atoms with E-state index in [1.165, 1.54) is 6.92 Å². The van der Waals surface area contributed by atoms with Gasteiger partial charge in [-0.15, -0.1) is 0 Å². The Kier molecular flexibility index (Phi) is 4.79. The number of carbonyl (C=O) groups is 1. The topological polar surface area (TPSA) is 80.7 Å². The van der Waals surface area contributed by atoms with Crippen molar-refractivity contribution in [2.75, 3.05) is 5.75 Å². The zero-order valence-electron chi connectivity index (χ0n) is 8.19. The minimum Gasteiger partial charge on any atom is -0.458 e. The molecule has 0 aliphatic carbocycles. The molecule has 0 radical (unpaired) electrons. The van der Waals surface area contributed by atoms with Crippen LogP contribution in [-0.2, 0) is 19.6 Å². The Morgan fingerprint density at radius 3 is 2.36 bits per heavy atom. The van der Waals surface area contributed by atoms with Crippen molar-refractivity contribution in [1.82, 2.24) is 0 Å². The number of ether oxygens (including phenoxy) is 1. The highest BCUT2D eigenvalue weighted by Crippen LogP contribution is 2.05. The molecule has 0 aromatic heterocycles. The van der Waals surface area contributed by atoms with Gasteiger partial charge in [0.05, 0.1) is 0 Å². The van der Waals surface area contributed by atoms with Crippen molar-refractivity contribution in [3.05, 3.63) is 12.2 Å². The third-order valence-electron chi connectivity index (χ3n) is 1.47. The molecule has 1 atom stereocenters. The van der Waals surface area contributed by atoms with E-state index in [-0.39, 0.29) is 5.57 Å². The summed E-state index contributed by atoms with van der Waals surface area (Å²) in [6.45, 7) is 6.47. The molecule has 0 bridgehead atoms. The van der Waals surface area contributed by atoms with Gasteiger partial charge >= 0.3 is 5.97 Å². The van der Waals surface area contributed by atoms with E-state index in [9.17, 15) is 13.2 Å². The van der Waals surface area contributed by atoms with E-state index in [4.69, 9.17) is 9.29 Å². The quantitative estimate of drug-likeness (QED) is 0.422. The monoisotopic (exact) mass is 222 g/mol. The summed E-state index contributed by atoms with van der Waals surface area (Å²) in [7, 11) is -4.11. The molecule has 6 heteroatoms. The van der Waals surface area contributed by atoms with Crippen LogP contribution in [-0.4, -0.2) is 30.8 Å². The second-order valence-corrected chi connectivity index (χ2v) is 4.46. The maximum absolute atomic E-state index is 11.0. The normalized spacial score (nSPS) is 13.4. The van der Waals surface area contributed by atoms with Crippen molar-refractivity contribution in [2.45, 2.75) is 26.4 Å². The van der Waals surface area contributed by atoms with Gasteiger partial charge in [0.25, 0.3) is 10.1 Å². The van der Waals surface area contributed by atoms with Crippen molar-refractivity contribution >= 4 is 16.1 Å². The predicted octanol–water partition coefficient (Wildman–Crippen LogP) is 0.772. The summed E-state index contributed by atoms with van der Waals surface area (Å²) in [5.74, 6) is -1.23. The Hall–Kier alpha value is -0.880. The van der Waals surface area contributed by atoms with Crippen LogP contribution in [0.5, 0.6) is 0 Å². The molecular formula is C8H14O5S. The summed E-state index contributed by atoms with van der Waals surface area (Å²) in [5, 5.41) is 0. The zero-order chi connectivity index (χ0) is 11.4. The molecule has 14 heavy (non-hydrogen) atoms. The first-order chi connectivity index (χ1) is 6.26. The van der Waals surface area contributed by atoms with Gasteiger partial charge in [-0.2, -0.15) is 8.42 Å². The number of hydrogen-bond acceptors (Lipinski definition) is 4. The molecule has 0 amide bonds. The summed E-state index contributed by atoms with van der Waals surface area (Å²) in [4.78, 5) is 11.0. The highest BCUT2D eigenvalue weighted by Gasteiger charge is 2.19. The third kappa shape index (κ3) is 5.71. The van der Waals surface area contributed by atoms with E-state index in [0.717, 1.165) is 0 Å². The molecule has 82 valence electrons. The van der Waals surface area contributed by atoms with Gasteiger partial charge < -0.3 is 4.74 Å². The largest absolute Gasteiger partial charge is 0.458 e. The number of rotatable bonds is 5. The maximum atomic E-state index is 11.0. The van der Waals surface area contributed by atoms with Crippen LogP contribution < -0.4 is 0 Å². The van der Waals surface area contributed by atoms with E-state index < -0.39 is 27.9 Å². The van der Waals surface area contributed by atoms with Crippen LogP contribution in [0.1, 0.15) is 20.3 Å². The second-order valence-electron chi connectivity index (χ2n) is 2.96. The molecule has 5 nitrogen and oxygen atoms in total. The average Bonchev–Trinajstić information content (AvgIpc) is 2.00. The summed E-state index contributed by atoms with van der Waals surface area (Å²) >= 11 is 0. The van der Waals surface area contributed by atoms with Crippen LogP contribution in [0, 0.1) is 0 Å². The first-order valence-corrected chi connectivity index (χ1v) is 5.68. The fourth-order valence-electron chi connectivity index (χ4n) is 0.722. The van der Waals surface area contributed by atoms with Gasteiger partial charge in [0, 0.05) is 5.57 Å². The molecule has 0 heterocycles. The molecule has 0 saturated carbocycles. The van der Waals surface area contributed by atoms with Crippen LogP contribution in [0.2, 0.25) is 0 Å². The Bertz CT molecular complexity index is 317. The first kappa shape index (κ1) is 13.1. The van der Waals surface area contributed by atoms with Crippen molar-refractivity contribution in [2.24, 2.45) is 0 Å². The smallest absolute Gasteiger partial charge is 0.333 e. The van der Waals surface area contributed by atoms with Crippen LogP contribution in [0.4, 0.5) is 0 Å². The van der Waals surface area contributed by atoms with E-state index in [2.05, 4.69) is 6.58 Å². The van der Waals surface area contributed by atoms with Gasteiger partial charge in [-0.25, -0.2) is 4.79 Å². The third-order valence-corrected chi connectivity index (χ3v) is 2.27. The molecule has 1 N–H and O–H groups in total. The van der Waals surface area contributed by atoms with Crippen molar-refractivity contribution in [1.29, 1.82) is 0 Å². The molecule has 0 aliphatic rings. The summed E-state index contributed by atoms with van der Waals surface area (Å²) in [6, 6.07) is 0. The number of esters is 1. The molecule has 0 spiro atoms. The van der Waals surface area contributed by atoms with Gasteiger partial charge in [-0.1, -0.05) is 13.5 Å². The Morgan fingerprint density at radius 2 is 2.07 bits per heavy atom. The van der Waals surface area contributed by atoms with Gasteiger partial charge in [0.2, 0.25) is 0 Å². The molecule has 0 rings (SSSR count). The minimum atomic E-state index is -4.11. The van der Waals surface area contributed by atoms with Gasteiger partial charge in [0.1, 0.15) is 11.9 Å². The Morgan fingerprint density at radius 1 is 1.57 bits per heavy atom. The van der Waals surface area contributed by atoms with E-state index >= 15 is 0 Å². The lowest BCUT2D eigenvalue weighted by Crippen LogP contribution is -2.26. The standard InChI is InChI=1S/C8H14O5S/c1-4-7(5-14(10,11)12)13-8(9)6(2)3/h7H,2,4-5H2,1,3H3,(H,10,11,12). The second kappa shape index (κ2) is 5.11. The summed E-state index contributed by atoms with van der Waals surface area (Å²) in [5.41, 5.74) is 0.193. The highest BCUT2D eigenvalue weighted by atomic mass is 32.2. The first-order valence-electron chi connectivity index (χ1n) is 4.08. The van der Waals surface area contributed by atoms with E-state index in [1.54, 1.807) is 6.92 Å². The van der Waals surface area contributed by atoms with Crippen LogP contribution in [0.25, 0.3) is 0 Å². The molecular weight excluding hydrogens is 208 g/mol. The van der Waals surface area contributed by atoms with Crippen molar-refractivity contribution in [3.63, 3.8) is 0 Å². The van der Waals surface area contributed by atoms with Crippen LogP contribution in [0.3, 0.4) is 0 Å². The molecule has 0 aromatic carbocycles. The average molecular weight is 222 g/mol. The Labute approximate surface area is 83.5 Å². The van der Waals surface area contributed by atoms with Gasteiger partial charge in [-0.3, -0.25) is 4.55 Å². The minimum absolute atomic E-state index is 0.193. The van der Waals surface area contributed by atoms with Crippen LogP contribution in [0.15, 0.2) is 12.2 Å². The molecule has 0 aromatic rings. The molecule has 1 unspecified atom stereocenters. The number of carbonyl (C=O) groups excluding carboxylic acids is 1. The summed E-state index contributed by atoms with van der Waals surface area (Å²) < 4.78 is 34.3. The highest BCUT2D eigenvalue weighted by molar-refractivity contribution is 7.85. The van der Waals surface area contributed by atoms with Gasteiger partial charge in [-0.05, 0) is 13.3 Å². The van der Waals surface area contributed by atoms with Crippen molar-refractivity contribution < 1.29 is 22.5 Å². The molecule has 0 fully saturated rings. The summed E-state index contributed by atoms with van der Waals surface area (Å²) in [6.07, 6.45) is -0.507. The maximum Gasteiger partial charge on any atom is 0.333 e. The lowest BCUT2D eigenvalue weighted by Gasteiger charge is -2.14. The van der Waals surface area contributed by atoms with Crippen molar-refractivity contribution in [3.8, 4) is 0 Å². The van der Waals surface area contributed by atoms with Crippen LogP contribution >= 0.6 is 0 Å². The molecule has 0 aliphatic heterocycles. The fourth-order valence-corrected chi connectivity index (χ4v) is 1.50.